The molecule has 2 aromatic carbocycles. The molecular weight excluding hydrogens is 388 g/mol. The highest BCUT2D eigenvalue weighted by molar-refractivity contribution is 7.15. The monoisotopic (exact) mass is 408 g/mol. The van der Waals surface area contributed by atoms with E-state index in [2.05, 4.69) is 15.5 Å². The Morgan fingerprint density at radius 1 is 1.17 bits per heavy atom. The Morgan fingerprint density at radius 3 is 2.72 bits per heavy atom. The van der Waals surface area contributed by atoms with Crippen LogP contribution in [-0.4, -0.2) is 35.7 Å². The first-order valence-corrected chi connectivity index (χ1v) is 10.1. The maximum absolute atomic E-state index is 12.7. The van der Waals surface area contributed by atoms with Crippen LogP contribution in [0.3, 0.4) is 0 Å². The van der Waals surface area contributed by atoms with Crippen LogP contribution in [0, 0.1) is 5.92 Å². The van der Waals surface area contributed by atoms with E-state index in [0.29, 0.717) is 29.5 Å². The summed E-state index contributed by atoms with van der Waals surface area (Å²) in [5, 5.41) is 12.3. The van der Waals surface area contributed by atoms with Crippen LogP contribution in [0.15, 0.2) is 54.6 Å². The summed E-state index contributed by atoms with van der Waals surface area (Å²) in [6.45, 7) is 0.306. The van der Waals surface area contributed by atoms with Gasteiger partial charge >= 0.3 is 0 Å². The summed E-state index contributed by atoms with van der Waals surface area (Å²) >= 11 is 1.35. The first-order chi connectivity index (χ1) is 14.1. The predicted molar refractivity (Wildman–Crippen MR) is 111 cm³/mol. The highest BCUT2D eigenvalue weighted by Crippen LogP contribution is 2.33. The molecule has 1 fully saturated rings. The van der Waals surface area contributed by atoms with Gasteiger partial charge in [-0.2, -0.15) is 0 Å². The molecule has 3 aromatic rings. The van der Waals surface area contributed by atoms with Crippen molar-refractivity contribution in [2.24, 2.45) is 5.92 Å². The summed E-state index contributed by atoms with van der Waals surface area (Å²) in [6, 6.07) is 17.3. The molecule has 29 heavy (non-hydrogen) atoms. The number of anilines is 2. The number of carbonyl (C=O) groups is 2. The summed E-state index contributed by atoms with van der Waals surface area (Å²) in [6.07, 6.45) is 0.817. The van der Waals surface area contributed by atoms with Gasteiger partial charge < -0.3 is 15.0 Å². The Balaban J connectivity index is 1.40. The second-order valence-electron chi connectivity index (χ2n) is 6.73. The quantitative estimate of drug-likeness (QED) is 0.677. The summed E-state index contributed by atoms with van der Waals surface area (Å²) in [4.78, 5) is 26.8. The molecule has 2 amide bonds. The maximum Gasteiger partial charge on any atom is 0.231 e. The summed E-state index contributed by atoms with van der Waals surface area (Å²) in [7, 11) is 1.56. The van der Waals surface area contributed by atoms with Crippen LogP contribution in [0.5, 0.6) is 5.75 Å². The van der Waals surface area contributed by atoms with Crippen molar-refractivity contribution in [1.29, 1.82) is 0 Å². The number of rotatable bonds is 6. The van der Waals surface area contributed by atoms with Gasteiger partial charge in [0.25, 0.3) is 0 Å². The maximum atomic E-state index is 12.7. The fourth-order valence-corrected chi connectivity index (χ4v) is 4.10. The molecule has 4 rings (SSSR count). The molecule has 0 bridgehead atoms. The molecule has 1 aliphatic rings. The molecule has 0 unspecified atom stereocenters. The second kappa shape index (κ2) is 8.40. The Morgan fingerprint density at radius 2 is 1.93 bits per heavy atom. The lowest BCUT2D eigenvalue weighted by atomic mass is 10.1. The van der Waals surface area contributed by atoms with Crippen molar-refractivity contribution in [3.05, 3.63) is 65.2 Å². The van der Waals surface area contributed by atoms with Crippen LogP contribution in [0.25, 0.3) is 0 Å². The SMILES string of the molecule is COc1ccccc1N1C[C@@H](C(=O)Nc2nnc(Cc3ccccc3)s2)CC1=O. The normalized spacial score (nSPS) is 16.1. The highest BCUT2D eigenvalue weighted by Gasteiger charge is 2.36. The van der Waals surface area contributed by atoms with Crippen LogP contribution in [0.2, 0.25) is 0 Å². The van der Waals surface area contributed by atoms with E-state index in [0.717, 1.165) is 10.6 Å². The Hall–Kier alpha value is -3.26. The number of hydrogen-bond donors (Lipinski definition) is 1. The molecule has 0 radical (unpaired) electrons. The summed E-state index contributed by atoms with van der Waals surface area (Å²) in [5.41, 5.74) is 1.81. The predicted octanol–water partition coefficient (Wildman–Crippen LogP) is 3.13. The molecule has 1 N–H and O–H groups in total. The largest absolute Gasteiger partial charge is 0.495 e. The molecule has 0 saturated carbocycles. The van der Waals surface area contributed by atoms with E-state index >= 15 is 0 Å². The van der Waals surface area contributed by atoms with E-state index in [1.165, 1.54) is 11.3 Å². The number of para-hydroxylation sites is 2. The summed E-state index contributed by atoms with van der Waals surface area (Å²) < 4.78 is 5.34. The van der Waals surface area contributed by atoms with Crippen LogP contribution < -0.4 is 15.0 Å². The Labute approximate surface area is 172 Å². The van der Waals surface area contributed by atoms with Gasteiger partial charge in [-0.05, 0) is 17.7 Å². The van der Waals surface area contributed by atoms with E-state index in [1.807, 2.05) is 48.5 Å². The molecule has 1 atom stereocenters. The zero-order chi connectivity index (χ0) is 20.2. The molecule has 7 nitrogen and oxygen atoms in total. The average molecular weight is 408 g/mol. The van der Waals surface area contributed by atoms with E-state index in [-0.39, 0.29) is 18.2 Å². The average Bonchev–Trinajstić information content (AvgIpc) is 3.35. The fraction of sp³-hybridized carbons (Fsp3) is 0.238. The number of nitrogens with zero attached hydrogens (tertiary/aromatic N) is 3. The van der Waals surface area contributed by atoms with Crippen LogP contribution in [-0.2, 0) is 16.0 Å². The molecule has 0 aliphatic carbocycles. The standard InChI is InChI=1S/C21H20N4O3S/c1-28-17-10-6-5-9-16(17)25-13-15(12-19(25)26)20(27)22-21-24-23-18(29-21)11-14-7-3-2-4-8-14/h2-10,15H,11-13H2,1H3,(H,22,24,27)/t15-/m0/s1. The third-order valence-electron chi connectivity index (χ3n) is 4.77. The van der Waals surface area contributed by atoms with Gasteiger partial charge in [0, 0.05) is 19.4 Å². The van der Waals surface area contributed by atoms with Crippen molar-refractivity contribution >= 4 is 34.0 Å². The minimum atomic E-state index is -0.450. The van der Waals surface area contributed by atoms with Gasteiger partial charge in [0.2, 0.25) is 16.9 Å². The van der Waals surface area contributed by atoms with Gasteiger partial charge in [-0.25, -0.2) is 0 Å². The zero-order valence-corrected chi connectivity index (χ0v) is 16.7. The molecule has 2 heterocycles. The van der Waals surface area contributed by atoms with Gasteiger partial charge in [-0.15, -0.1) is 10.2 Å². The molecule has 0 spiro atoms. The molecule has 8 heteroatoms. The summed E-state index contributed by atoms with van der Waals surface area (Å²) in [5.74, 6) is -0.166. The molecule has 1 saturated heterocycles. The Kier molecular flexibility index (Phi) is 5.53. The number of benzene rings is 2. The third kappa shape index (κ3) is 4.27. The number of nitrogens with one attached hydrogen (secondary N) is 1. The second-order valence-corrected chi connectivity index (χ2v) is 7.79. The van der Waals surface area contributed by atoms with E-state index in [1.54, 1.807) is 18.1 Å². The number of aromatic nitrogens is 2. The minimum absolute atomic E-state index is 0.100. The van der Waals surface area contributed by atoms with Crippen LogP contribution >= 0.6 is 11.3 Å². The van der Waals surface area contributed by atoms with Gasteiger partial charge in [-0.1, -0.05) is 53.8 Å². The number of ether oxygens (including phenoxy) is 1. The van der Waals surface area contributed by atoms with E-state index in [9.17, 15) is 9.59 Å². The van der Waals surface area contributed by atoms with Gasteiger partial charge in [-0.3, -0.25) is 9.59 Å². The third-order valence-corrected chi connectivity index (χ3v) is 5.61. The number of hydrogen-bond acceptors (Lipinski definition) is 6. The first kappa shape index (κ1) is 19.1. The lowest BCUT2D eigenvalue weighted by Crippen LogP contribution is -2.28. The first-order valence-electron chi connectivity index (χ1n) is 9.24. The van der Waals surface area contributed by atoms with Crippen LogP contribution in [0.4, 0.5) is 10.8 Å². The van der Waals surface area contributed by atoms with Crippen molar-refractivity contribution in [3.8, 4) is 5.75 Å². The topological polar surface area (TPSA) is 84.4 Å². The fourth-order valence-electron chi connectivity index (χ4n) is 3.32. The molecule has 1 aliphatic heterocycles. The van der Waals surface area contributed by atoms with Gasteiger partial charge in [0.05, 0.1) is 18.7 Å². The smallest absolute Gasteiger partial charge is 0.231 e. The minimum Gasteiger partial charge on any atom is -0.495 e. The van der Waals surface area contributed by atoms with E-state index in [4.69, 9.17) is 4.74 Å². The highest BCUT2D eigenvalue weighted by atomic mass is 32.1. The van der Waals surface area contributed by atoms with E-state index < -0.39 is 5.92 Å². The van der Waals surface area contributed by atoms with Crippen molar-refractivity contribution in [2.45, 2.75) is 12.8 Å². The van der Waals surface area contributed by atoms with Crippen molar-refractivity contribution < 1.29 is 14.3 Å². The van der Waals surface area contributed by atoms with Crippen LogP contribution in [0.1, 0.15) is 17.0 Å². The molecule has 1 aromatic heterocycles. The Bertz CT molecular complexity index is 1020. The van der Waals surface area contributed by atoms with Gasteiger partial charge in [0.15, 0.2) is 0 Å². The zero-order valence-electron chi connectivity index (χ0n) is 15.9. The van der Waals surface area contributed by atoms with Crippen molar-refractivity contribution in [3.63, 3.8) is 0 Å². The van der Waals surface area contributed by atoms with Crippen molar-refractivity contribution in [1.82, 2.24) is 10.2 Å². The number of amides is 2. The lowest BCUT2D eigenvalue weighted by molar-refractivity contribution is -0.122. The van der Waals surface area contributed by atoms with Gasteiger partial charge in [0.1, 0.15) is 10.8 Å². The number of carbonyl (C=O) groups excluding carboxylic acids is 2. The van der Waals surface area contributed by atoms with Crippen molar-refractivity contribution in [2.75, 3.05) is 23.9 Å². The number of methoxy groups -OCH3 is 1. The molecular formula is C21H20N4O3S. The molecule has 148 valence electrons. The lowest BCUT2D eigenvalue weighted by Gasteiger charge is -2.19.